The molecule has 18 heavy (non-hydrogen) atoms. The van der Waals surface area contributed by atoms with Crippen molar-refractivity contribution in [2.45, 2.75) is 0 Å². The summed E-state index contributed by atoms with van der Waals surface area (Å²) >= 11 is 0. The number of primary amides is 1. The Labute approximate surface area is 103 Å². The van der Waals surface area contributed by atoms with Crippen molar-refractivity contribution in [1.82, 2.24) is 9.97 Å². The molecule has 0 aliphatic carbocycles. The van der Waals surface area contributed by atoms with E-state index in [1.807, 2.05) is 24.3 Å². The number of para-hydroxylation sites is 1. The van der Waals surface area contributed by atoms with Crippen LogP contribution in [-0.2, 0) is 0 Å². The number of hydrogen-bond donors (Lipinski definition) is 2. The minimum Gasteiger partial charge on any atom is -0.481 e. The summed E-state index contributed by atoms with van der Waals surface area (Å²) in [6.45, 7) is 0. The number of fused-ring (bicyclic) bond motifs is 3. The molecule has 3 rings (SSSR count). The fraction of sp³-hybridized carbons (Fsp3) is 0.0769. The number of H-pyrrole nitrogens is 1. The highest BCUT2D eigenvalue weighted by Gasteiger charge is 2.15. The summed E-state index contributed by atoms with van der Waals surface area (Å²) in [7, 11) is 1.51. The maximum Gasteiger partial charge on any atom is 0.269 e. The minimum absolute atomic E-state index is 0.195. The van der Waals surface area contributed by atoms with Gasteiger partial charge in [-0.05, 0) is 6.07 Å². The zero-order valence-electron chi connectivity index (χ0n) is 9.73. The number of hydrogen-bond acceptors (Lipinski definition) is 3. The second kappa shape index (κ2) is 3.73. The average molecular weight is 241 g/mol. The molecular formula is C13H11N3O2. The van der Waals surface area contributed by atoms with E-state index in [1.165, 1.54) is 7.11 Å². The zero-order valence-corrected chi connectivity index (χ0v) is 9.73. The molecule has 0 saturated carbocycles. The molecule has 1 aromatic carbocycles. The molecule has 0 unspecified atom stereocenters. The fourth-order valence-corrected chi connectivity index (χ4v) is 2.11. The Balaban J connectivity index is 2.50. The molecule has 2 aromatic heterocycles. The minimum atomic E-state index is -0.578. The lowest BCUT2D eigenvalue weighted by Crippen LogP contribution is -2.14. The number of ether oxygens (including phenoxy) is 1. The Morgan fingerprint density at radius 1 is 1.33 bits per heavy atom. The van der Waals surface area contributed by atoms with E-state index >= 15 is 0 Å². The maximum absolute atomic E-state index is 11.4. The lowest BCUT2D eigenvalue weighted by atomic mass is 10.1. The molecule has 3 N–H and O–H groups in total. The second-order valence-corrected chi connectivity index (χ2v) is 3.97. The van der Waals surface area contributed by atoms with Crippen LogP contribution in [0.5, 0.6) is 5.88 Å². The standard InChI is InChI=1S/C13H11N3O2/c1-18-10-6-8-7-4-2-3-5-9(7)15-11(8)12(16-10)13(14)17/h2-6,15H,1H3,(H2,14,17). The normalized spacial score (nSPS) is 10.9. The number of carbonyl (C=O) groups excluding carboxylic acids is 1. The van der Waals surface area contributed by atoms with Crippen LogP contribution in [0, 0.1) is 0 Å². The first-order valence-electron chi connectivity index (χ1n) is 5.46. The van der Waals surface area contributed by atoms with E-state index in [0.29, 0.717) is 11.4 Å². The number of nitrogens with two attached hydrogens (primary N) is 1. The van der Waals surface area contributed by atoms with Crippen LogP contribution in [0.3, 0.4) is 0 Å². The van der Waals surface area contributed by atoms with Crippen LogP contribution in [0.25, 0.3) is 21.8 Å². The molecule has 0 atom stereocenters. The van der Waals surface area contributed by atoms with Crippen molar-refractivity contribution in [1.29, 1.82) is 0 Å². The topological polar surface area (TPSA) is 81.0 Å². The summed E-state index contributed by atoms with van der Waals surface area (Å²) in [6.07, 6.45) is 0. The third-order valence-electron chi connectivity index (χ3n) is 2.92. The van der Waals surface area contributed by atoms with Crippen molar-refractivity contribution in [3.05, 3.63) is 36.0 Å². The highest BCUT2D eigenvalue weighted by molar-refractivity contribution is 6.13. The van der Waals surface area contributed by atoms with E-state index in [4.69, 9.17) is 10.5 Å². The molecule has 0 fully saturated rings. The van der Waals surface area contributed by atoms with Gasteiger partial charge in [-0.1, -0.05) is 18.2 Å². The summed E-state index contributed by atoms with van der Waals surface area (Å²) in [6, 6.07) is 9.56. The molecular weight excluding hydrogens is 230 g/mol. The van der Waals surface area contributed by atoms with E-state index in [1.54, 1.807) is 6.07 Å². The van der Waals surface area contributed by atoms with Gasteiger partial charge in [-0.25, -0.2) is 4.98 Å². The van der Waals surface area contributed by atoms with Crippen LogP contribution in [0.15, 0.2) is 30.3 Å². The average Bonchev–Trinajstić information content (AvgIpc) is 2.75. The second-order valence-electron chi connectivity index (χ2n) is 3.97. The third kappa shape index (κ3) is 1.41. The van der Waals surface area contributed by atoms with E-state index in [2.05, 4.69) is 9.97 Å². The molecule has 2 heterocycles. The Morgan fingerprint density at radius 2 is 2.11 bits per heavy atom. The first-order chi connectivity index (χ1) is 8.70. The Morgan fingerprint density at radius 3 is 2.83 bits per heavy atom. The SMILES string of the molecule is COc1cc2c([nH]c3ccccc32)c(C(N)=O)n1. The van der Waals surface area contributed by atoms with Gasteiger partial charge in [0.25, 0.3) is 5.91 Å². The van der Waals surface area contributed by atoms with Crippen molar-refractivity contribution >= 4 is 27.7 Å². The number of benzene rings is 1. The van der Waals surface area contributed by atoms with Crippen molar-refractivity contribution in [3.8, 4) is 5.88 Å². The van der Waals surface area contributed by atoms with Gasteiger partial charge in [-0.15, -0.1) is 0 Å². The lowest BCUT2D eigenvalue weighted by molar-refractivity contribution is 0.0996. The number of methoxy groups -OCH3 is 1. The number of amides is 1. The molecule has 0 saturated heterocycles. The zero-order chi connectivity index (χ0) is 12.7. The van der Waals surface area contributed by atoms with Gasteiger partial charge in [0.2, 0.25) is 5.88 Å². The van der Waals surface area contributed by atoms with Gasteiger partial charge in [0.15, 0.2) is 5.69 Å². The van der Waals surface area contributed by atoms with Crippen molar-refractivity contribution in [2.24, 2.45) is 5.73 Å². The van der Waals surface area contributed by atoms with Crippen molar-refractivity contribution < 1.29 is 9.53 Å². The van der Waals surface area contributed by atoms with E-state index in [9.17, 15) is 4.79 Å². The summed E-state index contributed by atoms with van der Waals surface area (Å²) in [5, 5.41) is 1.89. The summed E-state index contributed by atoms with van der Waals surface area (Å²) in [5.74, 6) is -0.202. The number of aromatic nitrogens is 2. The highest BCUT2D eigenvalue weighted by Crippen LogP contribution is 2.29. The number of nitrogens with zero attached hydrogens (tertiary/aromatic N) is 1. The molecule has 5 nitrogen and oxygen atoms in total. The lowest BCUT2D eigenvalue weighted by Gasteiger charge is -2.02. The van der Waals surface area contributed by atoms with Crippen LogP contribution in [-0.4, -0.2) is 23.0 Å². The molecule has 0 bridgehead atoms. The van der Waals surface area contributed by atoms with Crippen LogP contribution in [0.1, 0.15) is 10.5 Å². The molecule has 3 aromatic rings. The largest absolute Gasteiger partial charge is 0.481 e. The Hall–Kier alpha value is -2.56. The van der Waals surface area contributed by atoms with Crippen LogP contribution < -0.4 is 10.5 Å². The summed E-state index contributed by atoms with van der Waals surface area (Å²) < 4.78 is 5.10. The van der Waals surface area contributed by atoms with Crippen molar-refractivity contribution in [2.75, 3.05) is 7.11 Å². The molecule has 0 spiro atoms. The van der Waals surface area contributed by atoms with Gasteiger partial charge in [0.05, 0.1) is 12.6 Å². The number of rotatable bonds is 2. The predicted molar refractivity (Wildman–Crippen MR) is 68.7 cm³/mol. The quantitative estimate of drug-likeness (QED) is 0.718. The molecule has 90 valence electrons. The van der Waals surface area contributed by atoms with Crippen molar-refractivity contribution in [3.63, 3.8) is 0 Å². The molecule has 0 aliphatic heterocycles. The number of aromatic amines is 1. The molecule has 1 amide bonds. The number of carbonyl (C=O) groups is 1. The smallest absolute Gasteiger partial charge is 0.269 e. The first-order valence-corrected chi connectivity index (χ1v) is 5.46. The maximum atomic E-state index is 11.4. The van der Waals surface area contributed by atoms with Crippen LogP contribution >= 0.6 is 0 Å². The molecule has 5 heteroatoms. The highest BCUT2D eigenvalue weighted by atomic mass is 16.5. The third-order valence-corrected chi connectivity index (χ3v) is 2.92. The van der Waals surface area contributed by atoms with E-state index < -0.39 is 5.91 Å². The number of pyridine rings is 1. The van der Waals surface area contributed by atoms with Crippen LogP contribution in [0.4, 0.5) is 0 Å². The number of nitrogens with one attached hydrogen (secondary N) is 1. The molecule has 0 aliphatic rings. The summed E-state index contributed by atoms with van der Waals surface area (Å²) in [5.41, 5.74) is 7.12. The van der Waals surface area contributed by atoms with E-state index in [0.717, 1.165) is 16.3 Å². The Bertz CT molecular complexity index is 761. The van der Waals surface area contributed by atoms with Gasteiger partial charge < -0.3 is 15.5 Å². The van der Waals surface area contributed by atoms with Crippen LogP contribution in [0.2, 0.25) is 0 Å². The predicted octanol–water partition coefficient (Wildman–Crippen LogP) is 1.82. The summed E-state index contributed by atoms with van der Waals surface area (Å²) in [4.78, 5) is 18.7. The fourth-order valence-electron chi connectivity index (χ4n) is 2.11. The van der Waals surface area contributed by atoms with Gasteiger partial charge in [0, 0.05) is 22.4 Å². The van der Waals surface area contributed by atoms with E-state index in [-0.39, 0.29) is 5.69 Å². The van der Waals surface area contributed by atoms with Gasteiger partial charge >= 0.3 is 0 Å². The van der Waals surface area contributed by atoms with Gasteiger partial charge in [-0.2, -0.15) is 0 Å². The first kappa shape index (κ1) is 10.6. The monoisotopic (exact) mass is 241 g/mol. The van der Waals surface area contributed by atoms with Gasteiger partial charge in [-0.3, -0.25) is 4.79 Å². The molecule has 0 radical (unpaired) electrons. The Kier molecular flexibility index (Phi) is 2.19. The van der Waals surface area contributed by atoms with Gasteiger partial charge in [0.1, 0.15) is 0 Å².